The third kappa shape index (κ3) is 2.64. The van der Waals surface area contributed by atoms with Crippen molar-refractivity contribution in [2.45, 2.75) is 19.3 Å². The average Bonchev–Trinajstić information content (AvgIpc) is 2.33. The molecule has 0 spiro atoms. The smallest absolute Gasteiger partial charge is 0.228 e. The molecular formula is C13H19N3O. The van der Waals surface area contributed by atoms with E-state index in [1.165, 1.54) is 0 Å². The Labute approximate surface area is 102 Å². The van der Waals surface area contributed by atoms with E-state index < -0.39 is 0 Å². The fourth-order valence-corrected chi connectivity index (χ4v) is 2.30. The molecule has 17 heavy (non-hydrogen) atoms. The number of aromatic nitrogens is 1. The lowest BCUT2D eigenvalue weighted by molar-refractivity contribution is -0.134. The molecule has 4 heteroatoms. The number of pyridine rings is 1. The number of carbonyl (C=O) groups is 1. The van der Waals surface area contributed by atoms with Crippen molar-refractivity contribution in [2.75, 3.05) is 20.1 Å². The fraction of sp³-hybridized carbons (Fsp3) is 0.538. The van der Waals surface area contributed by atoms with Gasteiger partial charge >= 0.3 is 0 Å². The van der Waals surface area contributed by atoms with E-state index in [4.69, 9.17) is 0 Å². The zero-order valence-electron chi connectivity index (χ0n) is 10.2. The zero-order valence-corrected chi connectivity index (χ0v) is 10.2. The van der Waals surface area contributed by atoms with Gasteiger partial charge in [0.05, 0.1) is 5.41 Å². The number of rotatable bonds is 5. The zero-order chi connectivity index (χ0) is 12.1. The van der Waals surface area contributed by atoms with Gasteiger partial charge in [0.25, 0.3) is 0 Å². The van der Waals surface area contributed by atoms with Gasteiger partial charge in [-0.15, -0.1) is 0 Å². The number of nitrogens with zero attached hydrogens (tertiary/aromatic N) is 1. The maximum absolute atomic E-state index is 11.8. The second-order valence-corrected chi connectivity index (χ2v) is 4.64. The van der Waals surface area contributed by atoms with Gasteiger partial charge in [-0.1, -0.05) is 6.07 Å². The summed E-state index contributed by atoms with van der Waals surface area (Å²) in [6, 6.07) is 5.96. The van der Waals surface area contributed by atoms with Gasteiger partial charge in [0.1, 0.15) is 0 Å². The van der Waals surface area contributed by atoms with Gasteiger partial charge in [0, 0.05) is 32.0 Å². The topological polar surface area (TPSA) is 54.0 Å². The molecule has 1 saturated heterocycles. The van der Waals surface area contributed by atoms with E-state index >= 15 is 0 Å². The van der Waals surface area contributed by atoms with Crippen LogP contribution in [0.2, 0.25) is 0 Å². The number of carbonyl (C=O) groups excluding carboxylic acids is 1. The summed E-state index contributed by atoms with van der Waals surface area (Å²) >= 11 is 0. The molecule has 2 rings (SSSR count). The van der Waals surface area contributed by atoms with Gasteiger partial charge in [-0.25, -0.2) is 0 Å². The van der Waals surface area contributed by atoms with Crippen LogP contribution in [0, 0.1) is 5.41 Å². The lowest BCUT2D eigenvalue weighted by Gasteiger charge is -2.40. The summed E-state index contributed by atoms with van der Waals surface area (Å²) in [5, 5.41) is 5.95. The summed E-state index contributed by atoms with van der Waals surface area (Å²) in [5.41, 5.74) is 0.927. The highest BCUT2D eigenvalue weighted by molar-refractivity contribution is 5.83. The van der Waals surface area contributed by atoms with Crippen molar-refractivity contribution in [1.82, 2.24) is 15.6 Å². The fourth-order valence-electron chi connectivity index (χ4n) is 2.30. The first-order chi connectivity index (χ1) is 8.27. The molecule has 2 N–H and O–H groups in total. The van der Waals surface area contributed by atoms with Crippen molar-refractivity contribution >= 4 is 5.91 Å². The molecule has 0 aliphatic carbocycles. The molecule has 0 saturated carbocycles. The Morgan fingerprint density at radius 3 is 2.88 bits per heavy atom. The van der Waals surface area contributed by atoms with Crippen LogP contribution in [0.4, 0.5) is 0 Å². The number of nitrogens with one attached hydrogen (secondary N) is 2. The van der Waals surface area contributed by atoms with Crippen LogP contribution in [0.25, 0.3) is 0 Å². The minimum Gasteiger partial charge on any atom is -0.359 e. The Kier molecular flexibility index (Phi) is 3.74. The van der Waals surface area contributed by atoms with E-state index in [1.807, 2.05) is 24.4 Å². The van der Waals surface area contributed by atoms with E-state index in [9.17, 15) is 4.79 Å². The minimum atomic E-state index is -0.177. The Balaban J connectivity index is 1.83. The second kappa shape index (κ2) is 5.27. The standard InChI is InChI=1S/C13H19N3O/c1-14-12(17)13(9-15-10-13)7-4-6-11-5-2-3-8-16-11/h2-3,5,8,15H,4,6-7,9-10H2,1H3,(H,14,17). The number of hydrogen-bond acceptors (Lipinski definition) is 3. The molecule has 1 amide bonds. The van der Waals surface area contributed by atoms with Crippen molar-refractivity contribution in [3.8, 4) is 0 Å². The summed E-state index contributed by atoms with van der Waals surface area (Å²) in [6.45, 7) is 1.60. The Bertz CT molecular complexity index is 374. The average molecular weight is 233 g/mol. The van der Waals surface area contributed by atoms with Crippen molar-refractivity contribution in [2.24, 2.45) is 5.41 Å². The largest absolute Gasteiger partial charge is 0.359 e. The molecule has 1 aliphatic heterocycles. The van der Waals surface area contributed by atoms with Gasteiger partial charge in [0.2, 0.25) is 5.91 Å². The normalized spacial score (nSPS) is 17.2. The van der Waals surface area contributed by atoms with Crippen LogP contribution in [0.3, 0.4) is 0 Å². The van der Waals surface area contributed by atoms with Gasteiger partial charge in [-0.2, -0.15) is 0 Å². The molecule has 2 heterocycles. The molecule has 1 fully saturated rings. The quantitative estimate of drug-likeness (QED) is 0.788. The summed E-state index contributed by atoms with van der Waals surface area (Å²) in [7, 11) is 1.71. The molecule has 1 aromatic heterocycles. The first-order valence-corrected chi connectivity index (χ1v) is 6.10. The molecule has 0 radical (unpaired) electrons. The Morgan fingerprint density at radius 2 is 2.35 bits per heavy atom. The number of amides is 1. The van der Waals surface area contributed by atoms with Crippen LogP contribution in [0.1, 0.15) is 18.5 Å². The van der Waals surface area contributed by atoms with E-state index in [-0.39, 0.29) is 11.3 Å². The SMILES string of the molecule is CNC(=O)C1(CCCc2ccccn2)CNC1. The van der Waals surface area contributed by atoms with E-state index in [1.54, 1.807) is 7.05 Å². The summed E-state index contributed by atoms with van der Waals surface area (Å²) in [6.07, 6.45) is 4.69. The highest BCUT2D eigenvalue weighted by Gasteiger charge is 2.42. The highest BCUT2D eigenvalue weighted by atomic mass is 16.2. The molecule has 0 aromatic carbocycles. The van der Waals surface area contributed by atoms with Crippen molar-refractivity contribution in [3.05, 3.63) is 30.1 Å². The molecule has 92 valence electrons. The van der Waals surface area contributed by atoms with Crippen LogP contribution < -0.4 is 10.6 Å². The third-order valence-electron chi connectivity index (χ3n) is 3.45. The van der Waals surface area contributed by atoms with E-state index in [0.717, 1.165) is 38.0 Å². The maximum atomic E-state index is 11.8. The number of aryl methyl sites for hydroxylation is 1. The molecule has 4 nitrogen and oxygen atoms in total. The van der Waals surface area contributed by atoms with Crippen LogP contribution in [-0.2, 0) is 11.2 Å². The summed E-state index contributed by atoms with van der Waals surface area (Å²) < 4.78 is 0. The van der Waals surface area contributed by atoms with Crippen molar-refractivity contribution in [3.63, 3.8) is 0 Å². The van der Waals surface area contributed by atoms with E-state index in [0.29, 0.717) is 0 Å². The van der Waals surface area contributed by atoms with Crippen molar-refractivity contribution in [1.29, 1.82) is 0 Å². The maximum Gasteiger partial charge on any atom is 0.228 e. The molecule has 1 aliphatic rings. The molecule has 0 bridgehead atoms. The summed E-state index contributed by atoms with van der Waals surface area (Å²) in [4.78, 5) is 16.1. The first-order valence-electron chi connectivity index (χ1n) is 6.10. The lowest BCUT2D eigenvalue weighted by Crippen LogP contribution is -2.60. The van der Waals surface area contributed by atoms with Crippen LogP contribution in [-0.4, -0.2) is 31.0 Å². The Hall–Kier alpha value is -1.42. The van der Waals surface area contributed by atoms with Crippen LogP contribution in [0.15, 0.2) is 24.4 Å². The predicted molar refractivity (Wildman–Crippen MR) is 66.5 cm³/mol. The van der Waals surface area contributed by atoms with Gasteiger partial charge < -0.3 is 10.6 Å². The summed E-state index contributed by atoms with van der Waals surface area (Å²) in [5.74, 6) is 0.164. The highest BCUT2D eigenvalue weighted by Crippen LogP contribution is 2.29. The van der Waals surface area contributed by atoms with Gasteiger partial charge in [-0.05, 0) is 31.4 Å². The monoisotopic (exact) mass is 233 g/mol. The molecule has 1 aromatic rings. The Morgan fingerprint density at radius 1 is 1.53 bits per heavy atom. The van der Waals surface area contributed by atoms with Gasteiger partial charge in [-0.3, -0.25) is 9.78 Å². The first kappa shape index (κ1) is 12.0. The third-order valence-corrected chi connectivity index (χ3v) is 3.45. The minimum absolute atomic E-state index is 0.164. The van der Waals surface area contributed by atoms with Crippen molar-refractivity contribution < 1.29 is 4.79 Å². The molecule has 0 atom stereocenters. The van der Waals surface area contributed by atoms with Gasteiger partial charge in [0.15, 0.2) is 0 Å². The molecule has 0 unspecified atom stereocenters. The second-order valence-electron chi connectivity index (χ2n) is 4.64. The number of hydrogen-bond donors (Lipinski definition) is 2. The lowest BCUT2D eigenvalue weighted by atomic mass is 9.76. The molecular weight excluding hydrogens is 214 g/mol. The van der Waals surface area contributed by atoms with Crippen LogP contribution in [0.5, 0.6) is 0 Å². The predicted octanol–water partition coefficient (Wildman–Crippen LogP) is 0.740. The van der Waals surface area contributed by atoms with E-state index in [2.05, 4.69) is 15.6 Å². The van der Waals surface area contributed by atoms with Crippen LogP contribution >= 0.6 is 0 Å².